The molecule has 2 aromatic carbocycles. The Morgan fingerprint density at radius 3 is 1.52 bits per heavy atom. The van der Waals surface area contributed by atoms with Crippen LogP contribution < -0.4 is 16.4 Å². The Morgan fingerprint density at radius 2 is 1.12 bits per heavy atom. The lowest BCUT2D eigenvalue weighted by molar-refractivity contribution is 0.0696. The number of amides is 1. The highest BCUT2D eigenvalue weighted by atomic mass is 35.5. The molecule has 16 heteroatoms. The molecule has 4 aromatic heterocycles. The van der Waals surface area contributed by atoms with Crippen molar-refractivity contribution in [1.29, 1.82) is 0 Å². The Labute approximate surface area is 293 Å². The number of rotatable bonds is 8. The van der Waals surface area contributed by atoms with E-state index < -0.39 is 23.5 Å². The molecule has 5 N–H and O–H groups in total. The standard InChI is InChI=1S/C17H13ClFN5O.C17H12ClFN4O2/c1-9-13(10-4-11(16(20)25)7-21-6-10)8-22-17(23-9)24-12-2-3-15(19)14(18)5-12;1-9-13(10-4-11(16(24)25)7-20-6-10)8-21-17(22-9)23-12-2-3-15(19)14(18)5-12/h2-8H,1H3,(H2,20,25)(H,22,23,24);2-8H,1H3,(H,24,25)(H,21,22,23). The van der Waals surface area contributed by atoms with Crippen molar-refractivity contribution in [3.63, 3.8) is 0 Å². The van der Waals surface area contributed by atoms with Crippen molar-refractivity contribution in [2.24, 2.45) is 5.73 Å². The molecule has 4 heterocycles. The first-order valence-electron chi connectivity index (χ1n) is 14.4. The Hall–Kier alpha value is -6.12. The average Bonchev–Trinajstić information content (AvgIpc) is 3.08. The van der Waals surface area contributed by atoms with Gasteiger partial charge in [0, 0.05) is 70.8 Å². The van der Waals surface area contributed by atoms with Crippen molar-refractivity contribution in [3.05, 3.63) is 130 Å². The Balaban J connectivity index is 0.000000194. The van der Waals surface area contributed by atoms with Gasteiger partial charge in [0.25, 0.3) is 0 Å². The molecule has 6 aromatic rings. The number of carbonyl (C=O) groups is 2. The summed E-state index contributed by atoms with van der Waals surface area (Å²) in [5.74, 6) is -1.97. The van der Waals surface area contributed by atoms with Gasteiger partial charge in [0.05, 0.1) is 32.6 Å². The highest BCUT2D eigenvalue weighted by Crippen LogP contribution is 2.27. The zero-order chi connectivity index (χ0) is 35.9. The number of aromatic nitrogens is 6. The van der Waals surface area contributed by atoms with Crippen LogP contribution in [0.3, 0.4) is 0 Å². The SMILES string of the molecule is Cc1nc(Nc2ccc(F)c(Cl)c2)ncc1-c1cncc(C(=O)O)c1.Cc1nc(Nc2ccc(F)c(Cl)c2)ncc1-c1cncc(C(N)=O)c1. The summed E-state index contributed by atoms with van der Waals surface area (Å²) in [4.78, 5) is 47.4. The van der Waals surface area contributed by atoms with Gasteiger partial charge in [0.15, 0.2) is 0 Å². The smallest absolute Gasteiger partial charge is 0.337 e. The van der Waals surface area contributed by atoms with Crippen molar-refractivity contribution < 1.29 is 23.5 Å². The second-order valence-electron chi connectivity index (χ2n) is 10.5. The number of carboxylic acid groups (broad SMARTS) is 1. The first-order valence-corrected chi connectivity index (χ1v) is 15.2. The van der Waals surface area contributed by atoms with Crippen LogP contribution in [0.1, 0.15) is 32.1 Å². The van der Waals surface area contributed by atoms with Crippen molar-refractivity contribution in [1.82, 2.24) is 29.9 Å². The number of benzene rings is 2. The number of pyridine rings is 2. The van der Waals surface area contributed by atoms with Crippen molar-refractivity contribution in [2.45, 2.75) is 13.8 Å². The van der Waals surface area contributed by atoms with Gasteiger partial charge in [0.2, 0.25) is 17.8 Å². The second kappa shape index (κ2) is 15.4. The summed E-state index contributed by atoms with van der Waals surface area (Å²) in [5, 5.41) is 15.0. The third-order valence-electron chi connectivity index (χ3n) is 6.94. The van der Waals surface area contributed by atoms with E-state index in [0.29, 0.717) is 56.9 Å². The molecule has 0 unspecified atom stereocenters. The van der Waals surface area contributed by atoms with E-state index in [9.17, 15) is 18.4 Å². The molecule has 0 aliphatic heterocycles. The number of hydrogen-bond acceptors (Lipinski definition) is 10. The Kier molecular flexibility index (Phi) is 10.8. The van der Waals surface area contributed by atoms with Crippen LogP contribution in [0, 0.1) is 25.5 Å². The minimum Gasteiger partial charge on any atom is -0.478 e. The highest BCUT2D eigenvalue weighted by Gasteiger charge is 2.12. The van der Waals surface area contributed by atoms with Crippen LogP contribution in [0.25, 0.3) is 22.3 Å². The Morgan fingerprint density at radius 1 is 0.680 bits per heavy atom. The van der Waals surface area contributed by atoms with Gasteiger partial charge < -0.3 is 21.5 Å². The van der Waals surface area contributed by atoms with Gasteiger partial charge in [-0.3, -0.25) is 14.8 Å². The predicted octanol–water partition coefficient (Wildman–Crippen LogP) is 7.56. The molecule has 252 valence electrons. The minimum atomic E-state index is -1.06. The number of aryl methyl sites for hydroxylation is 2. The molecule has 0 atom stereocenters. The summed E-state index contributed by atoms with van der Waals surface area (Å²) in [6.07, 6.45) is 9.00. The molecule has 0 aliphatic rings. The fourth-order valence-electron chi connectivity index (χ4n) is 4.45. The van der Waals surface area contributed by atoms with Gasteiger partial charge in [-0.05, 0) is 62.4 Å². The molecule has 0 fully saturated rings. The zero-order valence-corrected chi connectivity index (χ0v) is 27.6. The molecule has 6 rings (SSSR count). The second-order valence-corrected chi connectivity index (χ2v) is 11.3. The largest absolute Gasteiger partial charge is 0.478 e. The van der Waals surface area contributed by atoms with Crippen LogP contribution in [0.2, 0.25) is 10.0 Å². The Bertz CT molecular complexity index is 2090. The lowest BCUT2D eigenvalue weighted by Gasteiger charge is -2.09. The number of nitrogens with zero attached hydrogens (tertiary/aromatic N) is 6. The van der Waals surface area contributed by atoms with Gasteiger partial charge in [-0.2, -0.15) is 0 Å². The van der Waals surface area contributed by atoms with Crippen LogP contribution in [0.4, 0.5) is 32.1 Å². The summed E-state index contributed by atoms with van der Waals surface area (Å²) in [5.41, 5.74) is 10.8. The van der Waals surface area contributed by atoms with Gasteiger partial charge in [-0.1, -0.05) is 23.2 Å². The number of halogens is 4. The van der Waals surface area contributed by atoms with Crippen molar-refractivity contribution in [3.8, 4) is 22.3 Å². The third kappa shape index (κ3) is 8.66. The molecule has 1 amide bonds. The van der Waals surface area contributed by atoms with Crippen LogP contribution in [0.15, 0.2) is 85.7 Å². The number of aromatic carboxylic acids is 1. The first kappa shape index (κ1) is 35.2. The number of carboxylic acids is 1. The highest BCUT2D eigenvalue weighted by molar-refractivity contribution is 6.31. The van der Waals surface area contributed by atoms with E-state index in [4.69, 9.17) is 34.0 Å². The summed E-state index contributed by atoms with van der Waals surface area (Å²) < 4.78 is 26.4. The topological polar surface area (TPSA) is 182 Å². The van der Waals surface area contributed by atoms with Crippen LogP contribution >= 0.6 is 23.2 Å². The lowest BCUT2D eigenvalue weighted by Crippen LogP contribution is -2.11. The van der Waals surface area contributed by atoms with Crippen molar-refractivity contribution >= 4 is 58.3 Å². The molecular formula is C34H25Cl2F2N9O3. The maximum atomic E-state index is 13.2. The van der Waals surface area contributed by atoms with Crippen LogP contribution in [-0.4, -0.2) is 46.9 Å². The molecule has 50 heavy (non-hydrogen) atoms. The number of nitrogens with two attached hydrogens (primary N) is 1. The number of nitrogens with one attached hydrogen (secondary N) is 2. The van der Waals surface area contributed by atoms with Crippen LogP contribution in [0.5, 0.6) is 0 Å². The monoisotopic (exact) mass is 715 g/mol. The lowest BCUT2D eigenvalue weighted by atomic mass is 10.1. The average molecular weight is 717 g/mol. The molecule has 0 saturated heterocycles. The minimum absolute atomic E-state index is 0.00472. The normalized spacial score (nSPS) is 10.5. The zero-order valence-electron chi connectivity index (χ0n) is 26.1. The summed E-state index contributed by atoms with van der Waals surface area (Å²) in [7, 11) is 0. The van der Waals surface area contributed by atoms with E-state index in [1.807, 2.05) is 0 Å². The maximum absolute atomic E-state index is 13.2. The van der Waals surface area contributed by atoms with Gasteiger partial charge >= 0.3 is 5.97 Å². The summed E-state index contributed by atoms with van der Waals surface area (Å²) in [6.45, 7) is 3.57. The molecule has 0 spiro atoms. The predicted molar refractivity (Wildman–Crippen MR) is 185 cm³/mol. The van der Waals surface area contributed by atoms with E-state index in [0.717, 1.165) is 5.56 Å². The van der Waals surface area contributed by atoms with E-state index in [-0.39, 0.29) is 15.6 Å². The molecule has 12 nitrogen and oxygen atoms in total. The van der Waals surface area contributed by atoms with E-state index >= 15 is 0 Å². The van der Waals surface area contributed by atoms with E-state index in [2.05, 4.69) is 40.5 Å². The van der Waals surface area contributed by atoms with Gasteiger partial charge in [-0.25, -0.2) is 33.5 Å². The molecule has 0 aliphatic carbocycles. The number of carbonyl (C=O) groups excluding carboxylic acids is 1. The summed E-state index contributed by atoms with van der Waals surface area (Å²) >= 11 is 11.5. The van der Waals surface area contributed by atoms with Gasteiger partial charge in [-0.15, -0.1) is 0 Å². The molecule has 0 saturated carbocycles. The van der Waals surface area contributed by atoms with E-state index in [1.54, 1.807) is 44.7 Å². The first-order chi connectivity index (χ1) is 23.9. The number of primary amides is 1. The fourth-order valence-corrected chi connectivity index (χ4v) is 4.81. The molecule has 0 bridgehead atoms. The fraction of sp³-hybridized carbons (Fsp3) is 0.0588. The summed E-state index contributed by atoms with van der Waals surface area (Å²) in [6, 6.07) is 11.6. The maximum Gasteiger partial charge on any atom is 0.337 e. The van der Waals surface area contributed by atoms with Crippen molar-refractivity contribution in [2.75, 3.05) is 10.6 Å². The quantitative estimate of drug-likeness (QED) is 0.122. The number of anilines is 4. The third-order valence-corrected chi connectivity index (χ3v) is 7.52. The van der Waals surface area contributed by atoms with Gasteiger partial charge in [0.1, 0.15) is 11.6 Å². The number of hydrogen-bond donors (Lipinski definition) is 4. The van der Waals surface area contributed by atoms with E-state index in [1.165, 1.54) is 54.9 Å². The molecule has 0 radical (unpaired) electrons. The van der Waals surface area contributed by atoms with Crippen LogP contribution in [-0.2, 0) is 0 Å². The molecular weight excluding hydrogens is 691 g/mol.